The molecule has 0 radical (unpaired) electrons. The lowest BCUT2D eigenvalue weighted by molar-refractivity contribution is 0.475. The first-order valence-electron chi connectivity index (χ1n) is 4.68. The second-order valence-corrected chi connectivity index (χ2v) is 4.88. The van der Waals surface area contributed by atoms with Crippen LogP contribution in [0.4, 0.5) is 0 Å². The molecule has 0 unspecified atom stereocenters. The third-order valence-electron chi connectivity index (χ3n) is 1.82. The van der Waals surface area contributed by atoms with Gasteiger partial charge >= 0.3 is 0 Å². The molecular formula is C12H8Cl4O2. The average molecular weight is 326 g/mol. The first-order valence-corrected chi connectivity index (χ1v) is 6.19. The molecule has 2 aromatic rings. The van der Waals surface area contributed by atoms with Crippen molar-refractivity contribution >= 4 is 46.4 Å². The van der Waals surface area contributed by atoms with E-state index in [9.17, 15) is 0 Å². The minimum atomic E-state index is 0.0177. The molecule has 0 amide bonds. The van der Waals surface area contributed by atoms with E-state index in [2.05, 4.69) is 0 Å². The van der Waals surface area contributed by atoms with Crippen LogP contribution in [-0.4, -0.2) is 10.2 Å². The zero-order valence-corrected chi connectivity index (χ0v) is 11.9. The molecular weight excluding hydrogens is 318 g/mol. The molecule has 6 heteroatoms. The molecule has 0 bridgehead atoms. The molecule has 2 rings (SSSR count). The Kier molecular flexibility index (Phi) is 5.89. The van der Waals surface area contributed by atoms with E-state index in [1.54, 1.807) is 18.2 Å². The highest BCUT2D eigenvalue weighted by molar-refractivity contribution is 6.35. The zero-order valence-electron chi connectivity index (χ0n) is 8.87. The van der Waals surface area contributed by atoms with Gasteiger partial charge in [0.1, 0.15) is 11.5 Å². The summed E-state index contributed by atoms with van der Waals surface area (Å²) in [5.41, 5.74) is 0. The molecule has 0 aliphatic carbocycles. The molecule has 0 spiro atoms. The van der Waals surface area contributed by atoms with E-state index >= 15 is 0 Å². The van der Waals surface area contributed by atoms with Gasteiger partial charge in [0, 0.05) is 16.1 Å². The molecule has 0 aromatic heterocycles. The predicted octanol–water partition coefficient (Wildman–Crippen LogP) is 5.40. The third kappa shape index (κ3) is 4.83. The van der Waals surface area contributed by atoms with Gasteiger partial charge in [0.15, 0.2) is 0 Å². The van der Waals surface area contributed by atoms with Crippen molar-refractivity contribution in [2.24, 2.45) is 0 Å². The van der Waals surface area contributed by atoms with E-state index in [0.717, 1.165) is 0 Å². The monoisotopic (exact) mass is 324 g/mol. The van der Waals surface area contributed by atoms with Crippen LogP contribution in [0, 0.1) is 0 Å². The predicted molar refractivity (Wildman–Crippen MR) is 76.3 cm³/mol. The Bertz CT molecular complexity index is 494. The molecule has 0 aliphatic rings. The summed E-state index contributed by atoms with van der Waals surface area (Å²) in [6, 6.07) is 9.05. The number of phenols is 2. The third-order valence-corrected chi connectivity index (χ3v) is 2.91. The summed E-state index contributed by atoms with van der Waals surface area (Å²) >= 11 is 22.0. The molecule has 2 N–H and O–H groups in total. The first-order chi connectivity index (χ1) is 8.40. The summed E-state index contributed by atoms with van der Waals surface area (Å²) in [4.78, 5) is 0. The first kappa shape index (κ1) is 15.3. The van der Waals surface area contributed by atoms with Crippen LogP contribution in [0.15, 0.2) is 36.4 Å². The van der Waals surface area contributed by atoms with Crippen molar-refractivity contribution in [2.45, 2.75) is 0 Å². The number of aromatic hydroxyl groups is 2. The normalized spacial score (nSPS) is 9.56. The molecule has 0 saturated carbocycles. The Hall–Kier alpha value is -0.800. The Morgan fingerprint density at radius 2 is 1.17 bits per heavy atom. The molecule has 96 valence electrons. The van der Waals surface area contributed by atoms with Gasteiger partial charge < -0.3 is 10.2 Å². The Morgan fingerprint density at radius 1 is 0.611 bits per heavy atom. The van der Waals surface area contributed by atoms with Gasteiger partial charge in [-0.15, -0.1) is 0 Å². The van der Waals surface area contributed by atoms with Crippen LogP contribution in [0.1, 0.15) is 0 Å². The standard InChI is InChI=1S/2C6H4Cl2O/c7-4-1-2-6(9)5(8)3-4;7-4-1-2-5(8)6(9)3-4/h2*1-3,9H. The maximum Gasteiger partial charge on any atom is 0.135 e. The van der Waals surface area contributed by atoms with E-state index < -0.39 is 0 Å². The van der Waals surface area contributed by atoms with Crippen molar-refractivity contribution in [2.75, 3.05) is 0 Å². The Labute approximate surface area is 124 Å². The topological polar surface area (TPSA) is 40.5 Å². The molecule has 2 nitrogen and oxygen atoms in total. The Morgan fingerprint density at radius 3 is 1.61 bits per heavy atom. The molecule has 0 aliphatic heterocycles. The summed E-state index contributed by atoms with van der Waals surface area (Å²) in [6.45, 7) is 0. The largest absolute Gasteiger partial charge is 0.506 e. The van der Waals surface area contributed by atoms with Crippen LogP contribution < -0.4 is 0 Å². The summed E-state index contributed by atoms with van der Waals surface area (Å²) in [5.74, 6) is 0.0743. The molecule has 0 atom stereocenters. The van der Waals surface area contributed by atoms with Gasteiger partial charge in [0.25, 0.3) is 0 Å². The highest BCUT2D eigenvalue weighted by Gasteiger charge is 1.96. The molecule has 0 fully saturated rings. The van der Waals surface area contributed by atoms with E-state index in [1.807, 2.05) is 0 Å². The van der Waals surface area contributed by atoms with Crippen molar-refractivity contribution in [1.82, 2.24) is 0 Å². The lowest BCUT2D eigenvalue weighted by Crippen LogP contribution is -1.66. The van der Waals surface area contributed by atoms with Crippen LogP contribution >= 0.6 is 46.4 Å². The van der Waals surface area contributed by atoms with Gasteiger partial charge in [0.05, 0.1) is 10.0 Å². The smallest absolute Gasteiger partial charge is 0.135 e. The van der Waals surface area contributed by atoms with Crippen LogP contribution in [0.25, 0.3) is 0 Å². The summed E-state index contributed by atoms with van der Waals surface area (Å²) in [7, 11) is 0. The Balaban J connectivity index is 0.000000180. The number of phenolic OH excluding ortho intramolecular Hbond substituents is 2. The quantitative estimate of drug-likeness (QED) is 0.681. The lowest BCUT2D eigenvalue weighted by Gasteiger charge is -1.93. The van der Waals surface area contributed by atoms with Gasteiger partial charge in [-0.25, -0.2) is 0 Å². The van der Waals surface area contributed by atoms with Crippen LogP contribution in [0.2, 0.25) is 20.1 Å². The van der Waals surface area contributed by atoms with Gasteiger partial charge in [0.2, 0.25) is 0 Å². The van der Waals surface area contributed by atoms with E-state index in [4.69, 9.17) is 56.6 Å². The fourth-order valence-electron chi connectivity index (χ4n) is 0.967. The maximum atomic E-state index is 8.88. The van der Waals surface area contributed by atoms with E-state index in [1.165, 1.54) is 18.2 Å². The van der Waals surface area contributed by atoms with Gasteiger partial charge in [-0.1, -0.05) is 46.4 Å². The second kappa shape index (κ2) is 6.95. The fraction of sp³-hybridized carbons (Fsp3) is 0. The number of benzene rings is 2. The molecule has 0 heterocycles. The van der Waals surface area contributed by atoms with Crippen molar-refractivity contribution < 1.29 is 10.2 Å². The lowest BCUT2D eigenvalue weighted by atomic mass is 10.3. The summed E-state index contributed by atoms with van der Waals surface area (Å²) in [5, 5.41) is 19.3. The van der Waals surface area contributed by atoms with Gasteiger partial charge in [-0.05, 0) is 30.3 Å². The highest BCUT2D eigenvalue weighted by atomic mass is 35.5. The average Bonchev–Trinajstić information content (AvgIpc) is 2.30. The number of halogens is 4. The minimum Gasteiger partial charge on any atom is -0.506 e. The van der Waals surface area contributed by atoms with Gasteiger partial charge in [-0.2, -0.15) is 0 Å². The second-order valence-electron chi connectivity index (χ2n) is 3.19. The minimum absolute atomic E-state index is 0.0177. The number of hydrogen-bond acceptors (Lipinski definition) is 2. The van der Waals surface area contributed by atoms with Gasteiger partial charge in [-0.3, -0.25) is 0 Å². The zero-order chi connectivity index (χ0) is 13.7. The van der Waals surface area contributed by atoms with Crippen molar-refractivity contribution in [3.63, 3.8) is 0 Å². The SMILES string of the molecule is Oc1cc(Cl)ccc1Cl.Oc1ccc(Cl)cc1Cl. The van der Waals surface area contributed by atoms with Crippen molar-refractivity contribution in [3.05, 3.63) is 56.5 Å². The van der Waals surface area contributed by atoms with Crippen LogP contribution in [0.5, 0.6) is 11.5 Å². The maximum absolute atomic E-state index is 8.88. The fourth-order valence-corrected chi connectivity index (χ4v) is 1.66. The van der Waals surface area contributed by atoms with Crippen molar-refractivity contribution in [3.8, 4) is 11.5 Å². The van der Waals surface area contributed by atoms with Crippen LogP contribution in [0.3, 0.4) is 0 Å². The highest BCUT2D eigenvalue weighted by Crippen LogP contribution is 2.26. The summed E-state index contributed by atoms with van der Waals surface area (Å²) < 4.78 is 0. The molecule has 0 saturated heterocycles. The van der Waals surface area contributed by atoms with Crippen molar-refractivity contribution in [1.29, 1.82) is 0 Å². The summed E-state index contributed by atoms with van der Waals surface area (Å²) in [6.07, 6.45) is 0. The number of rotatable bonds is 0. The molecule has 18 heavy (non-hydrogen) atoms. The van der Waals surface area contributed by atoms with E-state index in [0.29, 0.717) is 15.1 Å². The number of hydrogen-bond donors (Lipinski definition) is 2. The molecule has 2 aromatic carbocycles. The van der Waals surface area contributed by atoms with Crippen LogP contribution in [-0.2, 0) is 0 Å². The van der Waals surface area contributed by atoms with E-state index in [-0.39, 0.29) is 16.5 Å².